The van der Waals surface area contributed by atoms with Gasteiger partial charge in [-0.05, 0) is 37.3 Å². The number of carbonyl (C=O) groups is 3. The van der Waals surface area contributed by atoms with Gasteiger partial charge in [0.05, 0.1) is 0 Å². The average molecular weight is 279 g/mol. The van der Waals surface area contributed by atoms with E-state index in [0.29, 0.717) is 6.29 Å². The van der Waals surface area contributed by atoms with E-state index < -0.39 is 5.97 Å². The number of allylic oxidation sites excluding steroid dienone is 1. The van der Waals surface area contributed by atoms with Gasteiger partial charge in [0, 0.05) is 24.4 Å². The molecule has 5 nitrogen and oxygen atoms in total. The van der Waals surface area contributed by atoms with Gasteiger partial charge in [0.1, 0.15) is 6.29 Å². The van der Waals surface area contributed by atoms with Crippen LogP contribution in [-0.4, -0.2) is 30.2 Å². The highest BCUT2D eigenvalue weighted by atomic mass is 16.4. The molecule has 0 aromatic heterocycles. The Morgan fingerprint density at radius 2 is 1.65 bits per heavy atom. The van der Waals surface area contributed by atoms with Gasteiger partial charge in [-0.1, -0.05) is 13.8 Å². The summed E-state index contributed by atoms with van der Waals surface area (Å²) < 4.78 is 0. The summed E-state index contributed by atoms with van der Waals surface area (Å²) in [7, 11) is 1.85. The largest absolute Gasteiger partial charge is 0.478 e. The molecule has 2 N–H and O–H groups in total. The fourth-order valence-electron chi connectivity index (χ4n) is 0.993. The third-order valence-electron chi connectivity index (χ3n) is 1.90. The van der Waals surface area contributed by atoms with Gasteiger partial charge in [-0.2, -0.15) is 0 Å². The topological polar surface area (TPSA) is 83.5 Å². The van der Waals surface area contributed by atoms with Gasteiger partial charge in [0.15, 0.2) is 5.78 Å². The van der Waals surface area contributed by atoms with Crippen molar-refractivity contribution in [2.24, 2.45) is 0 Å². The molecule has 0 amide bonds. The number of rotatable bonds is 4. The molecule has 1 aromatic carbocycles. The lowest BCUT2D eigenvalue weighted by Gasteiger charge is -1.99. The maximum absolute atomic E-state index is 10.8. The molecule has 0 saturated carbocycles. The minimum absolute atomic E-state index is 0.104. The lowest BCUT2D eigenvalue weighted by molar-refractivity contribution is -0.131. The number of hydrogen-bond acceptors (Lipinski definition) is 4. The molecule has 0 saturated heterocycles. The van der Waals surface area contributed by atoms with Crippen molar-refractivity contribution in [2.75, 3.05) is 12.4 Å². The molecule has 0 spiro atoms. The van der Waals surface area contributed by atoms with Crippen molar-refractivity contribution in [3.63, 3.8) is 0 Å². The zero-order valence-corrected chi connectivity index (χ0v) is 12.2. The van der Waals surface area contributed by atoms with Crippen LogP contribution in [0.5, 0.6) is 0 Å². The zero-order chi connectivity index (χ0) is 16.0. The van der Waals surface area contributed by atoms with Gasteiger partial charge in [-0.3, -0.25) is 9.59 Å². The Balaban J connectivity index is 0. The minimum atomic E-state index is -1.10. The second kappa shape index (κ2) is 13.0. The first-order valence-electron chi connectivity index (χ1n) is 6.14. The molecule has 0 aliphatic heterocycles. The first-order valence-corrected chi connectivity index (χ1v) is 6.14. The summed E-state index contributed by atoms with van der Waals surface area (Å²) in [6, 6.07) is 7.40. The Bertz CT molecular complexity index is 436. The SMILES string of the molecule is CC.CNc1ccc(C(C)=O)cc1.O=C/C=C/C(=O)O. The van der Waals surface area contributed by atoms with E-state index in [-0.39, 0.29) is 5.78 Å². The predicted molar refractivity (Wildman–Crippen MR) is 80.2 cm³/mol. The second-order valence-electron chi connectivity index (χ2n) is 3.22. The first-order chi connectivity index (χ1) is 9.51. The third-order valence-corrected chi connectivity index (χ3v) is 1.90. The van der Waals surface area contributed by atoms with Crippen molar-refractivity contribution in [1.82, 2.24) is 0 Å². The van der Waals surface area contributed by atoms with Crippen LogP contribution in [0.2, 0.25) is 0 Å². The highest BCUT2D eigenvalue weighted by Gasteiger charge is 1.96. The molecular weight excluding hydrogens is 258 g/mol. The lowest BCUT2D eigenvalue weighted by atomic mass is 10.1. The van der Waals surface area contributed by atoms with Crippen LogP contribution in [0.25, 0.3) is 0 Å². The summed E-state index contributed by atoms with van der Waals surface area (Å²) in [5.41, 5.74) is 1.78. The van der Waals surface area contributed by atoms with Gasteiger partial charge in [0.2, 0.25) is 0 Å². The van der Waals surface area contributed by atoms with Crippen molar-refractivity contribution in [1.29, 1.82) is 0 Å². The van der Waals surface area contributed by atoms with Crippen LogP contribution >= 0.6 is 0 Å². The number of aldehydes is 1. The van der Waals surface area contributed by atoms with E-state index in [1.807, 2.05) is 45.2 Å². The van der Waals surface area contributed by atoms with Crippen molar-refractivity contribution in [3.8, 4) is 0 Å². The van der Waals surface area contributed by atoms with Crippen molar-refractivity contribution < 1.29 is 19.5 Å². The highest BCUT2D eigenvalue weighted by Crippen LogP contribution is 2.08. The molecule has 5 heteroatoms. The Labute approximate surface area is 119 Å². The van der Waals surface area contributed by atoms with E-state index in [1.165, 1.54) is 0 Å². The molecule has 0 aliphatic rings. The number of anilines is 1. The molecule has 110 valence electrons. The number of ketones is 1. The number of Topliss-reactive ketones (excluding diaryl/α,β-unsaturated/α-hetero) is 1. The van der Waals surface area contributed by atoms with Crippen LogP contribution in [0, 0.1) is 0 Å². The molecule has 0 heterocycles. The molecule has 0 atom stereocenters. The number of carbonyl (C=O) groups excluding carboxylic acids is 2. The number of aliphatic carboxylic acids is 1. The van der Waals surface area contributed by atoms with Gasteiger partial charge in [-0.15, -0.1) is 0 Å². The summed E-state index contributed by atoms with van der Waals surface area (Å²) in [5, 5.41) is 10.8. The molecule has 20 heavy (non-hydrogen) atoms. The van der Waals surface area contributed by atoms with Crippen LogP contribution in [-0.2, 0) is 9.59 Å². The Morgan fingerprint density at radius 1 is 1.15 bits per heavy atom. The smallest absolute Gasteiger partial charge is 0.328 e. The molecule has 1 rings (SSSR count). The van der Waals surface area contributed by atoms with E-state index in [2.05, 4.69) is 5.32 Å². The van der Waals surface area contributed by atoms with E-state index >= 15 is 0 Å². The van der Waals surface area contributed by atoms with Gasteiger partial charge < -0.3 is 10.4 Å². The van der Waals surface area contributed by atoms with Crippen LogP contribution in [0.4, 0.5) is 5.69 Å². The van der Waals surface area contributed by atoms with Crippen LogP contribution in [0.15, 0.2) is 36.4 Å². The summed E-state index contributed by atoms with van der Waals surface area (Å²) in [6.07, 6.45) is 2.10. The molecule has 0 aliphatic carbocycles. The molecule has 0 unspecified atom stereocenters. The maximum atomic E-state index is 10.8. The first kappa shape index (κ1) is 19.9. The molecule has 0 fully saturated rings. The average Bonchev–Trinajstić information content (AvgIpc) is 2.47. The van der Waals surface area contributed by atoms with Crippen molar-refractivity contribution in [3.05, 3.63) is 42.0 Å². The summed E-state index contributed by atoms with van der Waals surface area (Å²) in [6.45, 7) is 5.56. The molecule has 0 bridgehead atoms. The van der Waals surface area contributed by atoms with E-state index in [4.69, 9.17) is 5.11 Å². The van der Waals surface area contributed by atoms with Gasteiger partial charge in [0.25, 0.3) is 0 Å². The Kier molecular flexibility index (Phi) is 12.9. The number of nitrogens with one attached hydrogen (secondary N) is 1. The van der Waals surface area contributed by atoms with E-state index in [1.54, 1.807) is 6.92 Å². The quantitative estimate of drug-likeness (QED) is 0.503. The van der Waals surface area contributed by atoms with Gasteiger partial charge >= 0.3 is 5.97 Å². The van der Waals surface area contributed by atoms with Crippen molar-refractivity contribution in [2.45, 2.75) is 20.8 Å². The van der Waals surface area contributed by atoms with E-state index in [9.17, 15) is 14.4 Å². The van der Waals surface area contributed by atoms with E-state index in [0.717, 1.165) is 23.4 Å². The number of carboxylic acid groups (broad SMARTS) is 1. The maximum Gasteiger partial charge on any atom is 0.328 e. The summed E-state index contributed by atoms with van der Waals surface area (Å²) >= 11 is 0. The Hall–Kier alpha value is -2.43. The van der Waals surface area contributed by atoms with Gasteiger partial charge in [-0.25, -0.2) is 4.79 Å². The summed E-state index contributed by atoms with van der Waals surface area (Å²) in [5.74, 6) is -1.00. The van der Waals surface area contributed by atoms with Crippen LogP contribution < -0.4 is 5.32 Å². The fraction of sp³-hybridized carbons (Fsp3) is 0.267. The van der Waals surface area contributed by atoms with Crippen molar-refractivity contribution >= 4 is 23.7 Å². The second-order valence-corrected chi connectivity index (χ2v) is 3.22. The number of benzene rings is 1. The highest BCUT2D eigenvalue weighted by molar-refractivity contribution is 5.94. The Morgan fingerprint density at radius 3 is 1.90 bits per heavy atom. The zero-order valence-electron chi connectivity index (χ0n) is 12.2. The normalized spacial score (nSPS) is 8.60. The monoisotopic (exact) mass is 279 g/mol. The molecular formula is C15H21NO4. The van der Waals surface area contributed by atoms with Crippen LogP contribution in [0.1, 0.15) is 31.1 Å². The molecule has 1 aromatic rings. The number of carboxylic acids is 1. The lowest BCUT2D eigenvalue weighted by Crippen LogP contribution is -1.92. The summed E-state index contributed by atoms with van der Waals surface area (Å²) in [4.78, 5) is 29.7. The minimum Gasteiger partial charge on any atom is -0.478 e. The number of hydrogen-bond donors (Lipinski definition) is 2. The third kappa shape index (κ3) is 10.7. The van der Waals surface area contributed by atoms with Crippen LogP contribution in [0.3, 0.4) is 0 Å². The predicted octanol–water partition coefficient (Wildman–Crippen LogP) is 2.78. The standard InChI is InChI=1S/C9H11NO.C4H4O3.C2H6/c1-7(11)8-3-5-9(10-2)6-4-8;5-3-1-2-4(6)7;1-2/h3-6,10H,1-2H3;1-3H,(H,6,7);1-2H3/b;2-1+;. The molecule has 0 radical (unpaired) electrons. The fourth-order valence-corrected chi connectivity index (χ4v) is 0.993.